The highest BCUT2D eigenvalue weighted by Gasteiger charge is 2.04. The second-order valence-corrected chi connectivity index (χ2v) is 4.60. The van der Waals surface area contributed by atoms with Gasteiger partial charge in [-0.15, -0.1) is 0 Å². The van der Waals surface area contributed by atoms with Crippen LogP contribution in [0.15, 0.2) is 34.9 Å². The van der Waals surface area contributed by atoms with Crippen LogP contribution in [0.5, 0.6) is 5.88 Å². The molecule has 0 atom stereocenters. The lowest BCUT2D eigenvalue weighted by Gasteiger charge is -2.08. The highest BCUT2D eigenvalue weighted by Crippen LogP contribution is 2.19. The summed E-state index contributed by atoms with van der Waals surface area (Å²) in [6.07, 6.45) is 1.61. The average Bonchev–Trinajstić information content (AvgIpc) is 2.41. The second kappa shape index (κ2) is 6.47. The van der Waals surface area contributed by atoms with Crippen LogP contribution >= 0.6 is 15.9 Å². The van der Waals surface area contributed by atoms with Crippen LogP contribution in [0.4, 0.5) is 10.3 Å². The standard InChI is InChI=1S/C13H13BrFN3O/c1-2-19-12-5-6-16-13(18-12)17-8-9-7-10(15)3-4-11(9)14/h3-7H,2,8H2,1H3,(H,16,17,18). The summed E-state index contributed by atoms with van der Waals surface area (Å²) in [5, 5.41) is 3.03. The van der Waals surface area contributed by atoms with Crippen LogP contribution in [0.1, 0.15) is 12.5 Å². The van der Waals surface area contributed by atoms with Crippen LogP contribution in [0, 0.1) is 5.82 Å². The Labute approximate surface area is 119 Å². The van der Waals surface area contributed by atoms with Gasteiger partial charge in [-0.1, -0.05) is 15.9 Å². The van der Waals surface area contributed by atoms with E-state index in [-0.39, 0.29) is 5.82 Å². The van der Waals surface area contributed by atoms with Crippen molar-refractivity contribution in [1.29, 1.82) is 0 Å². The van der Waals surface area contributed by atoms with Gasteiger partial charge in [0.2, 0.25) is 11.8 Å². The lowest BCUT2D eigenvalue weighted by atomic mass is 10.2. The Hall–Kier alpha value is -1.69. The Morgan fingerprint density at radius 2 is 2.21 bits per heavy atom. The van der Waals surface area contributed by atoms with E-state index in [4.69, 9.17) is 4.74 Å². The Morgan fingerprint density at radius 1 is 1.37 bits per heavy atom. The zero-order valence-corrected chi connectivity index (χ0v) is 11.9. The predicted octanol–water partition coefficient (Wildman–Crippen LogP) is 3.39. The third kappa shape index (κ3) is 3.89. The van der Waals surface area contributed by atoms with E-state index < -0.39 is 0 Å². The first-order valence-corrected chi connectivity index (χ1v) is 6.62. The maximum absolute atomic E-state index is 13.1. The Morgan fingerprint density at radius 3 is 3.00 bits per heavy atom. The molecule has 0 aliphatic rings. The van der Waals surface area contributed by atoms with Crippen LogP contribution < -0.4 is 10.1 Å². The molecular weight excluding hydrogens is 313 g/mol. The molecule has 1 aromatic carbocycles. The van der Waals surface area contributed by atoms with Gasteiger partial charge in [0.15, 0.2) is 0 Å². The van der Waals surface area contributed by atoms with Crippen LogP contribution in [-0.4, -0.2) is 16.6 Å². The summed E-state index contributed by atoms with van der Waals surface area (Å²) in [5.74, 6) is 0.685. The van der Waals surface area contributed by atoms with E-state index in [1.165, 1.54) is 12.1 Å². The fourth-order valence-corrected chi connectivity index (χ4v) is 1.90. The summed E-state index contributed by atoms with van der Waals surface area (Å²) in [6.45, 7) is 2.86. The molecule has 0 unspecified atom stereocenters. The molecule has 2 aromatic rings. The first-order valence-electron chi connectivity index (χ1n) is 5.82. The van der Waals surface area contributed by atoms with Crippen molar-refractivity contribution in [2.45, 2.75) is 13.5 Å². The summed E-state index contributed by atoms with van der Waals surface area (Å²) in [7, 11) is 0. The van der Waals surface area contributed by atoms with Gasteiger partial charge in [-0.2, -0.15) is 4.98 Å². The molecule has 4 nitrogen and oxygen atoms in total. The van der Waals surface area contributed by atoms with Gasteiger partial charge in [0.05, 0.1) is 6.61 Å². The van der Waals surface area contributed by atoms with E-state index in [0.717, 1.165) is 10.0 Å². The molecule has 2 rings (SSSR count). The summed E-state index contributed by atoms with van der Waals surface area (Å²) < 4.78 is 19.3. The molecular formula is C13H13BrFN3O. The minimum atomic E-state index is -0.274. The number of ether oxygens (including phenoxy) is 1. The molecule has 0 saturated heterocycles. The number of rotatable bonds is 5. The van der Waals surface area contributed by atoms with Crippen molar-refractivity contribution < 1.29 is 9.13 Å². The highest BCUT2D eigenvalue weighted by molar-refractivity contribution is 9.10. The van der Waals surface area contributed by atoms with Gasteiger partial charge >= 0.3 is 0 Å². The molecule has 0 amide bonds. The number of anilines is 1. The number of nitrogens with one attached hydrogen (secondary N) is 1. The molecule has 0 bridgehead atoms. The maximum Gasteiger partial charge on any atom is 0.226 e. The normalized spacial score (nSPS) is 10.3. The van der Waals surface area contributed by atoms with Crippen molar-refractivity contribution in [3.63, 3.8) is 0 Å². The zero-order chi connectivity index (χ0) is 13.7. The van der Waals surface area contributed by atoms with Gasteiger partial charge in [-0.3, -0.25) is 0 Å². The minimum Gasteiger partial charge on any atom is -0.478 e. The Bertz CT molecular complexity index is 565. The molecule has 100 valence electrons. The van der Waals surface area contributed by atoms with Gasteiger partial charge in [-0.25, -0.2) is 9.37 Å². The molecule has 6 heteroatoms. The molecule has 19 heavy (non-hydrogen) atoms. The second-order valence-electron chi connectivity index (χ2n) is 3.74. The third-order valence-electron chi connectivity index (χ3n) is 2.37. The van der Waals surface area contributed by atoms with Crippen molar-refractivity contribution in [3.05, 3.63) is 46.3 Å². The number of aromatic nitrogens is 2. The fourth-order valence-electron chi connectivity index (χ4n) is 1.51. The highest BCUT2D eigenvalue weighted by atomic mass is 79.9. The first-order chi connectivity index (χ1) is 9.19. The van der Waals surface area contributed by atoms with Gasteiger partial charge in [0.1, 0.15) is 5.82 Å². The molecule has 1 heterocycles. The van der Waals surface area contributed by atoms with E-state index in [2.05, 4.69) is 31.2 Å². The van der Waals surface area contributed by atoms with Crippen molar-refractivity contribution >= 4 is 21.9 Å². The largest absolute Gasteiger partial charge is 0.478 e. The Kier molecular flexibility index (Phi) is 4.68. The van der Waals surface area contributed by atoms with Crippen LogP contribution in [-0.2, 0) is 6.54 Å². The monoisotopic (exact) mass is 325 g/mol. The predicted molar refractivity (Wildman–Crippen MR) is 74.6 cm³/mol. The fraction of sp³-hybridized carbons (Fsp3) is 0.231. The third-order valence-corrected chi connectivity index (χ3v) is 3.14. The summed E-state index contributed by atoms with van der Waals surface area (Å²) >= 11 is 3.37. The van der Waals surface area contributed by atoms with Crippen LogP contribution in [0.25, 0.3) is 0 Å². The van der Waals surface area contributed by atoms with Gasteiger partial charge in [-0.05, 0) is 30.7 Å². The number of halogens is 2. The Balaban J connectivity index is 2.05. The molecule has 0 saturated carbocycles. The number of nitrogens with zero attached hydrogens (tertiary/aromatic N) is 2. The van der Waals surface area contributed by atoms with Gasteiger partial charge in [0.25, 0.3) is 0 Å². The van der Waals surface area contributed by atoms with Crippen molar-refractivity contribution in [1.82, 2.24) is 9.97 Å². The number of hydrogen-bond donors (Lipinski definition) is 1. The number of hydrogen-bond acceptors (Lipinski definition) is 4. The van der Waals surface area contributed by atoms with E-state index >= 15 is 0 Å². The SMILES string of the molecule is CCOc1ccnc(NCc2cc(F)ccc2Br)n1. The molecule has 0 fully saturated rings. The lowest BCUT2D eigenvalue weighted by Crippen LogP contribution is -2.05. The van der Waals surface area contributed by atoms with E-state index in [1.807, 2.05) is 6.92 Å². The van der Waals surface area contributed by atoms with Crippen LogP contribution in [0.2, 0.25) is 0 Å². The molecule has 0 spiro atoms. The van der Waals surface area contributed by atoms with Crippen molar-refractivity contribution in [2.24, 2.45) is 0 Å². The zero-order valence-electron chi connectivity index (χ0n) is 10.4. The molecule has 1 N–H and O–H groups in total. The van der Waals surface area contributed by atoms with Crippen molar-refractivity contribution in [3.8, 4) is 5.88 Å². The molecule has 0 aliphatic carbocycles. The molecule has 0 radical (unpaired) electrons. The minimum absolute atomic E-state index is 0.274. The van der Waals surface area contributed by atoms with Crippen molar-refractivity contribution in [2.75, 3.05) is 11.9 Å². The van der Waals surface area contributed by atoms with E-state index in [1.54, 1.807) is 18.3 Å². The van der Waals surface area contributed by atoms with Gasteiger partial charge in [0, 0.05) is 23.3 Å². The first kappa shape index (κ1) is 13.7. The van der Waals surface area contributed by atoms with Crippen LogP contribution in [0.3, 0.4) is 0 Å². The number of benzene rings is 1. The van der Waals surface area contributed by atoms with E-state index in [0.29, 0.717) is 25.0 Å². The molecule has 0 aliphatic heterocycles. The lowest BCUT2D eigenvalue weighted by molar-refractivity contribution is 0.326. The molecule has 1 aromatic heterocycles. The average molecular weight is 326 g/mol. The summed E-state index contributed by atoms with van der Waals surface area (Å²) in [4.78, 5) is 8.25. The summed E-state index contributed by atoms with van der Waals surface area (Å²) in [5.41, 5.74) is 0.797. The quantitative estimate of drug-likeness (QED) is 0.915. The maximum atomic E-state index is 13.1. The van der Waals surface area contributed by atoms with Gasteiger partial charge < -0.3 is 10.1 Å². The topological polar surface area (TPSA) is 47.0 Å². The van der Waals surface area contributed by atoms with E-state index in [9.17, 15) is 4.39 Å². The smallest absolute Gasteiger partial charge is 0.226 e. The summed E-state index contributed by atoms with van der Waals surface area (Å²) in [6, 6.07) is 6.22.